The van der Waals surface area contributed by atoms with E-state index in [2.05, 4.69) is 3.73 Å². The molecule has 32 valence electrons. The predicted molar refractivity (Wildman–Crippen MR) is 24.5 cm³/mol. The van der Waals surface area contributed by atoms with Gasteiger partial charge >= 0.3 is 43.8 Å². The molecule has 0 saturated carbocycles. The normalized spacial score (nSPS) is 9.60. The molecule has 0 spiro atoms. The van der Waals surface area contributed by atoms with E-state index in [4.69, 9.17) is 19.9 Å². The summed E-state index contributed by atoms with van der Waals surface area (Å²) in [7, 11) is 11.8. The van der Waals surface area contributed by atoms with Gasteiger partial charge in [-0.05, 0) is 0 Å². The van der Waals surface area contributed by atoms with E-state index in [9.17, 15) is 0 Å². The minimum absolute atomic E-state index is 1.50. The zero-order valence-corrected chi connectivity index (χ0v) is 6.00. The molecule has 0 aliphatic heterocycles. The number of hydrogen-bond acceptors (Lipinski definition) is 1. The molecule has 0 rings (SSSR count). The van der Waals surface area contributed by atoms with Crippen LogP contribution in [-0.2, 0) is 3.73 Å². The van der Waals surface area contributed by atoms with Crippen molar-refractivity contribution >= 4 is 33.0 Å². The number of hydrogen-bond donors (Lipinski definition) is 0. The minimum atomic E-state index is -1.76. The van der Waals surface area contributed by atoms with Crippen LogP contribution in [0.5, 0.6) is 0 Å². The van der Waals surface area contributed by atoms with E-state index in [1.165, 1.54) is 7.11 Å². The van der Waals surface area contributed by atoms with Crippen molar-refractivity contribution in [1.82, 2.24) is 0 Å². The third-order valence-corrected chi connectivity index (χ3v) is 2.15. The number of rotatable bonds is 1. The molecule has 1 nitrogen and oxygen atoms in total. The van der Waals surface area contributed by atoms with Gasteiger partial charge in [-0.2, -0.15) is 0 Å². The fourth-order valence-electron chi connectivity index (χ4n) is 0. The van der Waals surface area contributed by atoms with Gasteiger partial charge in [-0.15, -0.1) is 0 Å². The molecule has 0 aromatic heterocycles. The molecule has 0 unspecified atom stereocenters. The summed E-state index contributed by atoms with van der Waals surface area (Å²) in [6.07, 6.45) is 0. The Morgan fingerprint density at radius 1 is 1.60 bits per heavy atom. The van der Waals surface area contributed by atoms with Crippen molar-refractivity contribution in [3.63, 3.8) is 0 Å². The fourth-order valence-corrected chi connectivity index (χ4v) is 0. The van der Waals surface area contributed by atoms with E-state index < -0.39 is 13.1 Å². The monoisotopic (exact) mass is 176 g/mol. The van der Waals surface area contributed by atoms with Crippen LogP contribution in [-0.4, -0.2) is 20.2 Å². The summed E-state index contributed by atoms with van der Waals surface area (Å²) in [5.74, 6) is 0. The van der Waals surface area contributed by atoms with Gasteiger partial charge in [0.2, 0.25) is 0 Å². The zero-order chi connectivity index (χ0) is 4.28. The molecule has 0 heterocycles. The second-order valence-electron chi connectivity index (χ2n) is 0.384. The molecule has 4 heteroatoms. The standard InChI is InChI=1S/CH3AsCl2O/c1-5-2(3)4/h1H3. The summed E-state index contributed by atoms with van der Waals surface area (Å²) >= 11 is -1.76. The Hall–Kier alpha value is 1.10. The third-order valence-electron chi connectivity index (χ3n) is 0.138. The Morgan fingerprint density at radius 3 is 1.80 bits per heavy atom. The zero-order valence-electron chi connectivity index (χ0n) is 2.61. The molecule has 0 fully saturated rings. The Balaban J connectivity index is 2.54. The van der Waals surface area contributed by atoms with Crippen molar-refractivity contribution in [2.75, 3.05) is 7.11 Å². The van der Waals surface area contributed by atoms with Gasteiger partial charge in [0, 0.05) is 0 Å². The Kier molecular flexibility index (Phi) is 4.02. The van der Waals surface area contributed by atoms with Crippen molar-refractivity contribution in [2.45, 2.75) is 0 Å². The molecule has 0 aliphatic rings. The topological polar surface area (TPSA) is 9.23 Å². The van der Waals surface area contributed by atoms with Crippen LogP contribution >= 0.6 is 19.9 Å². The quantitative estimate of drug-likeness (QED) is 0.544. The molecule has 0 amide bonds. The van der Waals surface area contributed by atoms with Crippen LogP contribution < -0.4 is 0 Å². The molecule has 0 bridgehead atoms. The first kappa shape index (κ1) is 6.10. The maximum absolute atomic E-state index is 5.15. The van der Waals surface area contributed by atoms with Crippen LogP contribution in [0.2, 0.25) is 0 Å². The van der Waals surface area contributed by atoms with Crippen molar-refractivity contribution in [1.29, 1.82) is 0 Å². The second kappa shape index (κ2) is 3.29. The molecule has 0 aromatic carbocycles. The van der Waals surface area contributed by atoms with Gasteiger partial charge in [-0.1, -0.05) is 0 Å². The van der Waals surface area contributed by atoms with E-state index in [0.717, 1.165) is 0 Å². The Bertz CT molecular complexity index is 23.6. The first-order chi connectivity index (χ1) is 2.27. The SMILES string of the molecule is CO[As](Cl)Cl. The second-order valence-corrected chi connectivity index (χ2v) is 6.09. The first-order valence-electron chi connectivity index (χ1n) is 0.929. The van der Waals surface area contributed by atoms with Crippen molar-refractivity contribution in [3.8, 4) is 0 Å². The van der Waals surface area contributed by atoms with Gasteiger partial charge < -0.3 is 0 Å². The van der Waals surface area contributed by atoms with Crippen molar-refractivity contribution in [3.05, 3.63) is 0 Å². The molecule has 0 aromatic rings. The molecule has 0 atom stereocenters. The van der Waals surface area contributed by atoms with Crippen LogP contribution in [0.25, 0.3) is 0 Å². The molecule has 0 radical (unpaired) electrons. The molecular formula is CH3AsCl2O. The summed E-state index contributed by atoms with van der Waals surface area (Å²) in [5, 5.41) is 0. The van der Waals surface area contributed by atoms with E-state index in [1.54, 1.807) is 0 Å². The average Bonchev–Trinajstić information content (AvgIpc) is 1.38. The Labute approximate surface area is 44.1 Å². The molecule has 0 saturated heterocycles. The summed E-state index contributed by atoms with van der Waals surface area (Å²) in [6.45, 7) is 0. The van der Waals surface area contributed by atoms with Crippen LogP contribution in [0.1, 0.15) is 0 Å². The van der Waals surface area contributed by atoms with Crippen LogP contribution in [0.4, 0.5) is 0 Å². The van der Waals surface area contributed by atoms with Gasteiger partial charge in [-0.25, -0.2) is 0 Å². The van der Waals surface area contributed by atoms with Crippen LogP contribution in [0.3, 0.4) is 0 Å². The van der Waals surface area contributed by atoms with E-state index >= 15 is 0 Å². The van der Waals surface area contributed by atoms with E-state index in [-0.39, 0.29) is 0 Å². The van der Waals surface area contributed by atoms with Crippen LogP contribution in [0.15, 0.2) is 0 Å². The van der Waals surface area contributed by atoms with E-state index in [0.29, 0.717) is 0 Å². The Morgan fingerprint density at radius 2 is 1.80 bits per heavy atom. The summed E-state index contributed by atoms with van der Waals surface area (Å²) in [4.78, 5) is 0. The molecule has 0 N–H and O–H groups in total. The van der Waals surface area contributed by atoms with Gasteiger partial charge in [-0.3, -0.25) is 0 Å². The number of halogens is 2. The predicted octanol–water partition coefficient (Wildman–Crippen LogP) is 1.10. The third kappa shape index (κ3) is 5.10. The van der Waals surface area contributed by atoms with Crippen molar-refractivity contribution in [2.24, 2.45) is 0 Å². The van der Waals surface area contributed by atoms with Gasteiger partial charge in [0.1, 0.15) is 0 Å². The van der Waals surface area contributed by atoms with E-state index in [1.807, 2.05) is 0 Å². The van der Waals surface area contributed by atoms with Gasteiger partial charge in [0.05, 0.1) is 0 Å². The first-order valence-corrected chi connectivity index (χ1v) is 6.63. The van der Waals surface area contributed by atoms with Gasteiger partial charge in [0.15, 0.2) is 0 Å². The molecule has 0 aliphatic carbocycles. The average molecular weight is 177 g/mol. The van der Waals surface area contributed by atoms with Crippen LogP contribution in [0, 0.1) is 0 Å². The fraction of sp³-hybridized carbons (Fsp3) is 1.00. The van der Waals surface area contributed by atoms with Gasteiger partial charge in [0.25, 0.3) is 0 Å². The molecular weight excluding hydrogens is 174 g/mol. The summed E-state index contributed by atoms with van der Waals surface area (Å²) in [5.41, 5.74) is 0. The summed E-state index contributed by atoms with van der Waals surface area (Å²) < 4.78 is 4.43. The maximum atomic E-state index is 5.15. The molecule has 5 heavy (non-hydrogen) atoms. The van der Waals surface area contributed by atoms with Crippen molar-refractivity contribution < 1.29 is 3.73 Å². The summed E-state index contributed by atoms with van der Waals surface area (Å²) in [6, 6.07) is 0.